The van der Waals surface area contributed by atoms with Crippen LogP contribution in [0, 0.1) is 5.92 Å². The van der Waals surface area contributed by atoms with Gasteiger partial charge in [0.1, 0.15) is 0 Å². The highest BCUT2D eigenvalue weighted by atomic mass is 16.6. The molecule has 0 bridgehead atoms. The van der Waals surface area contributed by atoms with Gasteiger partial charge >= 0.3 is 0 Å². The normalized spacial score (nSPS) is 38.7. The fourth-order valence-electron chi connectivity index (χ4n) is 3.44. The van der Waals surface area contributed by atoms with Crippen LogP contribution >= 0.6 is 0 Å². The van der Waals surface area contributed by atoms with E-state index >= 15 is 0 Å². The summed E-state index contributed by atoms with van der Waals surface area (Å²) in [4.78, 5) is 0. The van der Waals surface area contributed by atoms with Gasteiger partial charge in [-0.25, -0.2) is 0 Å². The van der Waals surface area contributed by atoms with Crippen molar-refractivity contribution < 1.29 is 9.84 Å². The zero-order valence-electron chi connectivity index (χ0n) is 14.5. The Labute approximate surface area is 136 Å². The quantitative estimate of drug-likeness (QED) is 0.578. The minimum atomic E-state index is 0.0414. The molecule has 1 N–H and O–H groups in total. The van der Waals surface area contributed by atoms with Gasteiger partial charge in [-0.15, -0.1) is 0 Å². The second-order valence-electron chi connectivity index (χ2n) is 7.39. The molecule has 2 nitrogen and oxygen atoms in total. The number of allylic oxidation sites excluding steroid dienone is 4. The first kappa shape index (κ1) is 17.5. The smallest absolute Gasteiger partial charge is 0.0923 e. The third-order valence-electron chi connectivity index (χ3n) is 5.37. The highest BCUT2D eigenvalue weighted by Crippen LogP contribution is 2.45. The number of ether oxygens (including phenoxy) is 1. The molecule has 0 spiro atoms. The molecule has 2 rings (SSSR count). The number of hydrogen-bond acceptors (Lipinski definition) is 2. The lowest BCUT2D eigenvalue weighted by atomic mass is 9.85. The Morgan fingerprint density at radius 1 is 1.27 bits per heavy atom. The summed E-state index contributed by atoms with van der Waals surface area (Å²) in [5.74, 6) is 0.375. The molecule has 2 heteroatoms. The minimum absolute atomic E-state index is 0.0414. The van der Waals surface area contributed by atoms with Crippen molar-refractivity contribution in [3.8, 4) is 0 Å². The highest BCUT2D eigenvalue weighted by Gasteiger charge is 2.51. The molecule has 0 aromatic heterocycles. The molecule has 1 aliphatic carbocycles. The molecule has 2 aliphatic rings. The standard InChI is InChI=1S/C20H32O2/c1-15-7-5-8-16(2)10-11-18(17(3)14-21)13-19-20(4,22-19)12-6-9-15/h8-9,18-19,21H,3,5-7,10-14H2,1-2,4H3/b15-9+,16-8+/t18?,19?,20-/m0/s1. The minimum Gasteiger partial charge on any atom is -0.392 e. The summed E-state index contributed by atoms with van der Waals surface area (Å²) >= 11 is 0. The van der Waals surface area contributed by atoms with Gasteiger partial charge in [-0.1, -0.05) is 29.9 Å². The fraction of sp³-hybridized carbons (Fsp3) is 0.700. The fourth-order valence-corrected chi connectivity index (χ4v) is 3.44. The predicted octanol–water partition coefficient (Wildman–Crippen LogP) is 4.95. The molecule has 2 unspecified atom stereocenters. The van der Waals surface area contributed by atoms with E-state index in [9.17, 15) is 5.11 Å². The molecular formula is C20H32O2. The maximum absolute atomic E-state index is 9.45. The molecule has 0 saturated carbocycles. The molecule has 1 saturated heterocycles. The van der Waals surface area contributed by atoms with Gasteiger partial charge in [0.25, 0.3) is 0 Å². The van der Waals surface area contributed by atoms with E-state index in [0.29, 0.717) is 12.0 Å². The van der Waals surface area contributed by atoms with Crippen LogP contribution in [0.4, 0.5) is 0 Å². The van der Waals surface area contributed by atoms with Crippen molar-refractivity contribution in [3.63, 3.8) is 0 Å². The Balaban J connectivity index is 2.06. The van der Waals surface area contributed by atoms with Gasteiger partial charge in [-0.2, -0.15) is 0 Å². The van der Waals surface area contributed by atoms with Crippen molar-refractivity contribution in [2.75, 3.05) is 6.61 Å². The van der Waals surface area contributed by atoms with Crippen LogP contribution in [-0.4, -0.2) is 23.4 Å². The lowest BCUT2D eigenvalue weighted by molar-refractivity contribution is 0.279. The van der Waals surface area contributed by atoms with Gasteiger partial charge in [-0.05, 0) is 77.2 Å². The molecule has 0 radical (unpaired) electrons. The molecule has 0 amide bonds. The van der Waals surface area contributed by atoms with E-state index in [1.807, 2.05) is 0 Å². The van der Waals surface area contributed by atoms with Crippen molar-refractivity contribution in [2.24, 2.45) is 5.92 Å². The molecule has 22 heavy (non-hydrogen) atoms. The van der Waals surface area contributed by atoms with Crippen LogP contribution in [0.3, 0.4) is 0 Å². The lowest BCUT2D eigenvalue weighted by Gasteiger charge is -2.18. The molecule has 1 aliphatic heterocycles. The summed E-state index contributed by atoms with van der Waals surface area (Å²) in [7, 11) is 0. The zero-order valence-corrected chi connectivity index (χ0v) is 14.5. The average Bonchev–Trinajstić information content (AvgIpc) is 3.11. The monoisotopic (exact) mass is 304 g/mol. The summed E-state index contributed by atoms with van der Waals surface area (Å²) in [6, 6.07) is 0. The Morgan fingerprint density at radius 3 is 2.68 bits per heavy atom. The first-order valence-electron chi connectivity index (χ1n) is 8.72. The molecule has 0 aromatic rings. The van der Waals surface area contributed by atoms with Gasteiger partial charge in [0.05, 0.1) is 18.3 Å². The van der Waals surface area contributed by atoms with Crippen molar-refractivity contribution in [3.05, 3.63) is 35.5 Å². The van der Waals surface area contributed by atoms with Gasteiger partial charge < -0.3 is 9.84 Å². The molecular weight excluding hydrogens is 272 g/mol. The van der Waals surface area contributed by atoms with Gasteiger partial charge in [0.2, 0.25) is 0 Å². The van der Waals surface area contributed by atoms with E-state index in [1.165, 1.54) is 11.1 Å². The van der Waals surface area contributed by atoms with Crippen LogP contribution in [0.2, 0.25) is 0 Å². The molecule has 0 aromatic carbocycles. The average molecular weight is 304 g/mol. The summed E-state index contributed by atoms with van der Waals surface area (Å²) in [6.07, 6.45) is 12.8. The van der Waals surface area contributed by atoms with Crippen molar-refractivity contribution in [1.82, 2.24) is 0 Å². The van der Waals surface area contributed by atoms with Crippen LogP contribution in [0.15, 0.2) is 35.5 Å². The molecule has 124 valence electrons. The Kier molecular flexibility index (Phi) is 6.05. The topological polar surface area (TPSA) is 32.8 Å². The number of rotatable bonds is 2. The first-order valence-corrected chi connectivity index (χ1v) is 8.72. The number of aliphatic hydroxyl groups excluding tert-OH is 1. The first-order chi connectivity index (χ1) is 10.4. The van der Waals surface area contributed by atoms with Crippen LogP contribution in [0.25, 0.3) is 0 Å². The van der Waals surface area contributed by atoms with Gasteiger partial charge in [0, 0.05) is 0 Å². The molecule has 1 heterocycles. The highest BCUT2D eigenvalue weighted by molar-refractivity contribution is 5.11. The van der Waals surface area contributed by atoms with E-state index < -0.39 is 0 Å². The second kappa shape index (κ2) is 7.61. The van der Waals surface area contributed by atoms with E-state index in [1.54, 1.807) is 0 Å². The summed E-state index contributed by atoms with van der Waals surface area (Å²) in [5.41, 5.74) is 3.96. The largest absolute Gasteiger partial charge is 0.392 e. The number of fused-ring (bicyclic) bond motifs is 1. The Hall–Kier alpha value is -0.860. The van der Waals surface area contributed by atoms with Crippen molar-refractivity contribution >= 4 is 0 Å². The second-order valence-corrected chi connectivity index (χ2v) is 7.39. The molecule has 1 fully saturated rings. The third-order valence-corrected chi connectivity index (χ3v) is 5.37. The maximum atomic E-state index is 9.45. The predicted molar refractivity (Wildman–Crippen MR) is 92.8 cm³/mol. The van der Waals surface area contributed by atoms with E-state index in [2.05, 4.69) is 39.5 Å². The van der Waals surface area contributed by atoms with Crippen LogP contribution < -0.4 is 0 Å². The number of aliphatic hydroxyl groups is 1. The van der Waals surface area contributed by atoms with E-state index in [4.69, 9.17) is 4.74 Å². The lowest BCUT2D eigenvalue weighted by Crippen LogP contribution is -2.16. The van der Waals surface area contributed by atoms with Crippen LogP contribution in [0.5, 0.6) is 0 Å². The summed E-state index contributed by atoms with van der Waals surface area (Å²) in [6.45, 7) is 10.9. The maximum Gasteiger partial charge on any atom is 0.0923 e. The third kappa shape index (κ3) is 4.82. The Bertz CT molecular complexity index is 460. The van der Waals surface area contributed by atoms with Gasteiger partial charge in [-0.3, -0.25) is 0 Å². The molecule has 3 atom stereocenters. The zero-order chi connectivity index (χ0) is 16.2. The van der Waals surface area contributed by atoms with Crippen molar-refractivity contribution in [1.29, 1.82) is 0 Å². The summed E-state index contributed by atoms with van der Waals surface area (Å²) < 4.78 is 6.00. The number of hydrogen-bond donors (Lipinski definition) is 1. The van der Waals surface area contributed by atoms with Gasteiger partial charge in [0.15, 0.2) is 0 Å². The van der Waals surface area contributed by atoms with E-state index in [-0.39, 0.29) is 12.2 Å². The number of epoxide rings is 1. The summed E-state index contributed by atoms with van der Waals surface area (Å²) in [5, 5.41) is 9.45. The Morgan fingerprint density at radius 2 is 1.95 bits per heavy atom. The van der Waals surface area contributed by atoms with Crippen LogP contribution in [-0.2, 0) is 4.74 Å². The van der Waals surface area contributed by atoms with Crippen molar-refractivity contribution in [2.45, 2.75) is 77.4 Å². The van der Waals surface area contributed by atoms with E-state index in [0.717, 1.165) is 50.5 Å². The van der Waals surface area contributed by atoms with Crippen LogP contribution in [0.1, 0.15) is 65.7 Å². The SMILES string of the molecule is C=C(CO)C1CC/C(C)=C/CC/C(C)=C/CC[C@]2(C)OC2C1.